The normalized spacial score (nSPS) is 10.2. The van der Waals surface area contributed by atoms with Gasteiger partial charge in [-0.2, -0.15) is 0 Å². The number of ether oxygens (including phenoxy) is 1. The summed E-state index contributed by atoms with van der Waals surface area (Å²) in [5.41, 5.74) is 0.773. The second kappa shape index (κ2) is 5.15. The molecule has 7 nitrogen and oxygen atoms in total. The van der Waals surface area contributed by atoms with Gasteiger partial charge in [0.15, 0.2) is 0 Å². The van der Waals surface area contributed by atoms with Crippen molar-refractivity contribution in [1.29, 1.82) is 0 Å². The molecule has 7 heteroatoms. The van der Waals surface area contributed by atoms with Gasteiger partial charge in [-0.05, 0) is 6.07 Å². The van der Waals surface area contributed by atoms with Crippen LogP contribution in [0.25, 0.3) is 11.0 Å². The van der Waals surface area contributed by atoms with Gasteiger partial charge >= 0.3 is 6.09 Å². The number of alkyl carbamates (subject to hydrolysis) is 1. The Labute approximate surface area is 97.6 Å². The predicted molar refractivity (Wildman–Crippen MR) is 62.8 cm³/mol. The molecule has 17 heavy (non-hydrogen) atoms. The second-order valence-electron chi connectivity index (χ2n) is 3.27. The first-order chi connectivity index (χ1) is 8.31. The molecular formula is C10H13N5O2. The molecule has 0 aliphatic rings. The molecule has 2 aromatic heterocycles. The van der Waals surface area contributed by atoms with Gasteiger partial charge in [0, 0.05) is 13.2 Å². The standard InChI is InChI=1S/C10H13N5O2/c1-11-10(16)17-5-4-13-9-7-2-3-12-8(7)14-6-15-9/h2-3,6H,4-5H2,1H3,(H,11,16)(H2,12,13,14,15). The summed E-state index contributed by atoms with van der Waals surface area (Å²) in [5.74, 6) is 0.719. The molecule has 3 N–H and O–H groups in total. The summed E-state index contributed by atoms with van der Waals surface area (Å²) >= 11 is 0. The number of fused-ring (bicyclic) bond motifs is 1. The molecule has 2 rings (SSSR count). The minimum Gasteiger partial charge on any atom is -0.448 e. The number of aromatic amines is 1. The number of aromatic nitrogens is 3. The summed E-state index contributed by atoms with van der Waals surface area (Å²) in [6.45, 7) is 0.764. The van der Waals surface area contributed by atoms with Crippen molar-refractivity contribution in [2.45, 2.75) is 0 Å². The lowest BCUT2D eigenvalue weighted by atomic mass is 10.4. The van der Waals surface area contributed by atoms with E-state index >= 15 is 0 Å². The fourth-order valence-corrected chi connectivity index (χ4v) is 1.40. The smallest absolute Gasteiger partial charge is 0.406 e. The van der Waals surface area contributed by atoms with E-state index in [4.69, 9.17) is 4.74 Å². The molecule has 0 aromatic carbocycles. The Morgan fingerprint density at radius 3 is 3.24 bits per heavy atom. The third kappa shape index (κ3) is 2.63. The zero-order valence-electron chi connectivity index (χ0n) is 9.36. The molecule has 0 aliphatic heterocycles. The molecule has 1 amide bonds. The summed E-state index contributed by atoms with van der Waals surface area (Å²) in [7, 11) is 1.52. The first-order valence-corrected chi connectivity index (χ1v) is 5.17. The van der Waals surface area contributed by atoms with E-state index in [2.05, 4.69) is 25.6 Å². The van der Waals surface area contributed by atoms with Crippen molar-refractivity contribution in [3.8, 4) is 0 Å². The number of nitrogens with one attached hydrogen (secondary N) is 3. The molecule has 2 heterocycles. The maximum atomic E-state index is 10.8. The molecule has 0 saturated carbocycles. The Morgan fingerprint density at radius 2 is 2.41 bits per heavy atom. The van der Waals surface area contributed by atoms with Crippen molar-refractivity contribution in [2.24, 2.45) is 0 Å². The van der Waals surface area contributed by atoms with Crippen molar-refractivity contribution < 1.29 is 9.53 Å². The maximum Gasteiger partial charge on any atom is 0.406 e. The number of hydrogen-bond donors (Lipinski definition) is 3. The predicted octanol–water partition coefficient (Wildman–Crippen LogP) is 0.726. The van der Waals surface area contributed by atoms with Crippen LogP contribution in [0.3, 0.4) is 0 Å². The SMILES string of the molecule is CNC(=O)OCCNc1ncnc2[nH]ccc12. The minimum absolute atomic E-state index is 0.273. The summed E-state index contributed by atoms with van der Waals surface area (Å²) in [6, 6.07) is 1.89. The number of carbonyl (C=O) groups excluding carboxylic acids is 1. The van der Waals surface area contributed by atoms with Crippen molar-refractivity contribution in [3.63, 3.8) is 0 Å². The zero-order chi connectivity index (χ0) is 12.1. The van der Waals surface area contributed by atoms with Crippen LogP contribution in [0.1, 0.15) is 0 Å². The zero-order valence-corrected chi connectivity index (χ0v) is 9.36. The fraction of sp³-hybridized carbons (Fsp3) is 0.300. The van der Waals surface area contributed by atoms with Gasteiger partial charge in [-0.1, -0.05) is 0 Å². The summed E-state index contributed by atoms with van der Waals surface area (Å²) < 4.78 is 4.84. The lowest BCUT2D eigenvalue weighted by Gasteiger charge is -2.06. The third-order valence-corrected chi connectivity index (χ3v) is 2.19. The molecule has 0 bridgehead atoms. The molecule has 0 fully saturated rings. The first-order valence-electron chi connectivity index (χ1n) is 5.17. The summed E-state index contributed by atoms with van der Waals surface area (Å²) in [6.07, 6.45) is 2.83. The summed E-state index contributed by atoms with van der Waals surface area (Å²) in [4.78, 5) is 22.0. The van der Waals surface area contributed by atoms with E-state index < -0.39 is 6.09 Å². The van der Waals surface area contributed by atoms with Gasteiger partial charge in [0.1, 0.15) is 24.4 Å². The Balaban J connectivity index is 1.91. The molecule has 0 saturated heterocycles. The highest BCUT2D eigenvalue weighted by Crippen LogP contribution is 2.16. The number of carbonyl (C=O) groups is 1. The van der Waals surface area contributed by atoms with Crippen molar-refractivity contribution >= 4 is 22.9 Å². The Hall–Kier alpha value is -2.31. The van der Waals surface area contributed by atoms with E-state index in [-0.39, 0.29) is 6.61 Å². The molecule has 0 radical (unpaired) electrons. The number of amides is 1. The number of rotatable bonds is 4. The molecule has 0 atom stereocenters. The first kappa shape index (κ1) is 11.2. The van der Waals surface area contributed by atoms with Gasteiger partial charge in [-0.25, -0.2) is 14.8 Å². The van der Waals surface area contributed by atoms with Crippen LogP contribution in [0.15, 0.2) is 18.6 Å². The highest BCUT2D eigenvalue weighted by Gasteiger charge is 2.03. The monoisotopic (exact) mass is 235 g/mol. The van der Waals surface area contributed by atoms with Gasteiger partial charge in [0.05, 0.1) is 11.9 Å². The van der Waals surface area contributed by atoms with E-state index in [1.807, 2.05) is 6.07 Å². The Morgan fingerprint density at radius 1 is 1.53 bits per heavy atom. The van der Waals surface area contributed by atoms with Gasteiger partial charge < -0.3 is 20.4 Å². The number of nitrogens with zero attached hydrogens (tertiary/aromatic N) is 2. The molecule has 90 valence electrons. The van der Waals surface area contributed by atoms with E-state index in [0.717, 1.165) is 16.9 Å². The minimum atomic E-state index is -0.443. The highest BCUT2D eigenvalue weighted by molar-refractivity contribution is 5.86. The van der Waals surface area contributed by atoms with Gasteiger partial charge in [0.2, 0.25) is 0 Å². The van der Waals surface area contributed by atoms with Crippen LogP contribution in [0.2, 0.25) is 0 Å². The molecule has 0 unspecified atom stereocenters. The van der Waals surface area contributed by atoms with Crippen molar-refractivity contribution in [3.05, 3.63) is 18.6 Å². The number of H-pyrrole nitrogens is 1. The maximum absolute atomic E-state index is 10.8. The van der Waals surface area contributed by atoms with Crippen molar-refractivity contribution in [2.75, 3.05) is 25.5 Å². The lowest BCUT2D eigenvalue weighted by molar-refractivity contribution is 0.153. The van der Waals surface area contributed by atoms with Crippen LogP contribution in [-0.2, 0) is 4.74 Å². The van der Waals surface area contributed by atoms with Crippen LogP contribution in [0.4, 0.5) is 10.6 Å². The average molecular weight is 235 g/mol. The second-order valence-corrected chi connectivity index (χ2v) is 3.27. The number of anilines is 1. The van der Waals surface area contributed by atoms with Gasteiger partial charge in [-0.15, -0.1) is 0 Å². The van der Waals surface area contributed by atoms with Crippen LogP contribution < -0.4 is 10.6 Å². The highest BCUT2D eigenvalue weighted by atomic mass is 16.5. The van der Waals surface area contributed by atoms with Crippen LogP contribution >= 0.6 is 0 Å². The van der Waals surface area contributed by atoms with E-state index in [0.29, 0.717) is 6.54 Å². The van der Waals surface area contributed by atoms with E-state index in [1.54, 1.807) is 6.20 Å². The average Bonchev–Trinajstić information content (AvgIpc) is 2.83. The van der Waals surface area contributed by atoms with Gasteiger partial charge in [-0.3, -0.25) is 0 Å². The largest absolute Gasteiger partial charge is 0.448 e. The van der Waals surface area contributed by atoms with Crippen molar-refractivity contribution in [1.82, 2.24) is 20.3 Å². The molecule has 0 aliphatic carbocycles. The topological polar surface area (TPSA) is 91.9 Å². The molecular weight excluding hydrogens is 222 g/mol. The van der Waals surface area contributed by atoms with Crippen LogP contribution in [0.5, 0.6) is 0 Å². The molecule has 0 spiro atoms. The lowest BCUT2D eigenvalue weighted by Crippen LogP contribution is -2.22. The molecule has 2 aromatic rings. The fourth-order valence-electron chi connectivity index (χ4n) is 1.40. The van der Waals surface area contributed by atoms with E-state index in [1.165, 1.54) is 13.4 Å². The van der Waals surface area contributed by atoms with E-state index in [9.17, 15) is 4.79 Å². The third-order valence-electron chi connectivity index (χ3n) is 2.19. The Kier molecular flexibility index (Phi) is 3.39. The van der Waals surface area contributed by atoms with Gasteiger partial charge in [0.25, 0.3) is 0 Å². The van der Waals surface area contributed by atoms with Crippen LogP contribution in [-0.4, -0.2) is 41.2 Å². The van der Waals surface area contributed by atoms with Crippen LogP contribution in [0, 0.1) is 0 Å². The Bertz CT molecular complexity index is 510. The number of hydrogen-bond acceptors (Lipinski definition) is 5. The summed E-state index contributed by atoms with van der Waals surface area (Å²) in [5, 5.41) is 6.36. The quantitative estimate of drug-likeness (QED) is 0.679.